The quantitative estimate of drug-likeness (QED) is 0.648. The van der Waals surface area contributed by atoms with Gasteiger partial charge < -0.3 is 20.5 Å². The van der Waals surface area contributed by atoms with Gasteiger partial charge in [-0.1, -0.05) is 6.07 Å². The molecule has 0 spiro atoms. The van der Waals surface area contributed by atoms with Crippen molar-refractivity contribution in [1.82, 2.24) is 4.57 Å². The SMILES string of the molecule is Cn1c(=O)c(O)c(O)c2c(C(N)=O)cccc21. The summed E-state index contributed by atoms with van der Waals surface area (Å²) >= 11 is 0. The highest BCUT2D eigenvalue weighted by Gasteiger charge is 2.18. The zero-order chi connectivity index (χ0) is 12.7. The molecule has 0 bridgehead atoms. The normalized spacial score (nSPS) is 10.6. The van der Waals surface area contributed by atoms with Crippen molar-refractivity contribution >= 4 is 16.8 Å². The van der Waals surface area contributed by atoms with Gasteiger partial charge in [0.05, 0.1) is 16.5 Å². The fourth-order valence-corrected chi connectivity index (χ4v) is 1.76. The average molecular weight is 234 g/mol. The zero-order valence-corrected chi connectivity index (χ0v) is 8.97. The molecule has 88 valence electrons. The van der Waals surface area contributed by atoms with Crippen LogP contribution in [-0.2, 0) is 7.05 Å². The molecule has 6 nitrogen and oxygen atoms in total. The predicted molar refractivity (Wildman–Crippen MR) is 61.0 cm³/mol. The van der Waals surface area contributed by atoms with Gasteiger partial charge in [-0.05, 0) is 12.1 Å². The second kappa shape index (κ2) is 3.51. The number of benzene rings is 1. The fraction of sp³-hybridized carbons (Fsp3) is 0.0909. The Hall–Kier alpha value is -2.50. The first-order chi connectivity index (χ1) is 7.95. The Balaban J connectivity index is 3.12. The summed E-state index contributed by atoms with van der Waals surface area (Å²) in [5, 5.41) is 19.2. The number of aromatic nitrogens is 1. The predicted octanol–water partition coefficient (Wildman–Crippen LogP) is 0.0486. The van der Waals surface area contributed by atoms with Crippen molar-refractivity contribution in [2.45, 2.75) is 0 Å². The van der Waals surface area contributed by atoms with Crippen molar-refractivity contribution in [2.24, 2.45) is 12.8 Å². The monoisotopic (exact) mass is 234 g/mol. The molecule has 0 aliphatic rings. The molecular formula is C11H10N2O4. The van der Waals surface area contributed by atoms with E-state index in [-0.39, 0.29) is 10.9 Å². The minimum atomic E-state index is -0.797. The van der Waals surface area contributed by atoms with E-state index in [1.165, 1.54) is 13.1 Å². The number of primary amides is 1. The highest BCUT2D eigenvalue weighted by atomic mass is 16.3. The second-order valence-electron chi connectivity index (χ2n) is 3.63. The Bertz CT molecular complexity index is 688. The van der Waals surface area contributed by atoms with Crippen LogP contribution in [0.5, 0.6) is 11.5 Å². The maximum absolute atomic E-state index is 11.5. The van der Waals surface area contributed by atoms with Crippen molar-refractivity contribution in [1.29, 1.82) is 0 Å². The Kier molecular flexibility index (Phi) is 2.27. The van der Waals surface area contributed by atoms with Crippen LogP contribution in [0.2, 0.25) is 0 Å². The van der Waals surface area contributed by atoms with Crippen molar-refractivity contribution in [2.75, 3.05) is 0 Å². The number of nitrogens with two attached hydrogens (primary N) is 1. The maximum Gasteiger partial charge on any atom is 0.296 e. The molecule has 0 saturated carbocycles. The Morgan fingerprint density at radius 2 is 1.94 bits per heavy atom. The maximum atomic E-state index is 11.5. The number of carbonyl (C=O) groups excluding carboxylic acids is 1. The van der Waals surface area contributed by atoms with Gasteiger partial charge in [0.2, 0.25) is 11.7 Å². The minimum absolute atomic E-state index is 0.0471. The van der Waals surface area contributed by atoms with Crippen LogP contribution in [-0.4, -0.2) is 20.7 Å². The van der Waals surface area contributed by atoms with E-state index in [1.807, 2.05) is 0 Å². The minimum Gasteiger partial charge on any atom is -0.504 e. The van der Waals surface area contributed by atoms with E-state index in [9.17, 15) is 19.8 Å². The molecule has 4 N–H and O–H groups in total. The number of aryl methyl sites for hydroxylation is 1. The van der Waals surface area contributed by atoms with Gasteiger partial charge in [-0.15, -0.1) is 0 Å². The van der Waals surface area contributed by atoms with Gasteiger partial charge in [-0.25, -0.2) is 0 Å². The first-order valence-electron chi connectivity index (χ1n) is 4.78. The number of carbonyl (C=O) groups is 1. The van der Waals surface area contributed by atoms with Crippen molar-refractivity contribution < 1.29 is 15.0 Å². The van der Waals surface area contributed by atoms with Gasteiger partial charge in [0.15, 0.2) is 5.75 Å². The van der Waals surface area contributed by atoms with E-state index >= 15 is 0 Å². The van der Waals surface area contributed by atoms with E-state index in [1.54, 1.807) is 12.1 Å². The third-order valence-corrected chi connectivity index (χ3v) is 2.64. The van der Waals surface area contributed by atoms with Crippen LogP contribution in [0, 0.1) is 0 Å². The Labute approximate surface area is 95.5 Å². The molecule has 2 rings (SSSR count). The summed E-state index contributed by atoms with van der Waals surface area (Å²) in [6.45, 7) is 0. The summed E-state index contributed by atoms with van der Waals surface area (Å²) in [5.74, 6) is -2.17. The molecule has 1 amide bonds. The van der Waals surface area contributed by atoms with Crippen molar-refractivity contribution in [3.63, 3.8) is 0 Å². The molecule has 1 aromatic carbocycles. The van der Waals surface area contributed by atoms with E-state index < -0.39 is 23.0 Å². The number of pyridine rings is 1. The molecular weight excluding hydrogens is 224 g/mol. The van der Waals surface area contributed by atoms with E-state index in [0.29, 0.717) is 5.52 Å². The lowest BCUT2D eigenvalue weighted by Gasteiger charge is -2.10. The van der Waals surface area contributed by atoms with E-state index in [0.717, 1.165) is 4.57 Å². The van der Waals surface area contributed by atoms with Crippen LogP contribution in [0.15, 0.2) is 23.0 Å². The third-order valence-electron chi connectivity index (χ3n) is 2.64. The molecule has 0 saturated heterocycles. The van der Waals surface area contributed by atoms with Gasteiger partial charge in [0, 0.05) is 7.05 Å². The third kappa shape index (κ3) is 1.42. The van der Waals surface area contributed by atoms with Crippen LogP contribution in [0.3, 0.4) is 0 Å². The largest absolute Gasteiger partial charge is 0.504 e. The summed E-state index contributed by atoms with van der Waals surface area (Å²) in [4.78, 5) is 22.7. The van der Waals surface area contributed by atoms with Crippen molar-refractivity contribution in [3.8, 4) is 11.5 Å². The Morgan fingerprint density at radius 3 is 2.53 bits per heavy atom. The first-order valence-corrected chi connectivity index (χ1v) is 4.78. The highest BCUT2D eigenvalue weighted by Crippen LogP contribution is 2.32. The van der Waals surface area contributed by atoms with Crippen LogP contribution in [0.4, 0.5) is 0 Å². The molecule has 0 aliphatic heterocycles. The summed E-state index contributed by atoms with van der Waals surface area (Å²) in [7, 11) is 1.43. The van der Waals surface area contributed by atoms with Crippen LogP contribution < -0.4 is 11.3 Å². The molecule has 0 atom stereocenters. The molecule has 2 aromatic rings. The van der Waals surface area contributed by atoms with E-state index in [4.69, 9.17) is 5.73 Å². The first kappa shape index (κ1) is 11.0. The van der Waals surface area contributed by atoms with Crippen molar-refractivity contribution in [3.05, 3.63) is 34.1 Å². The average Bonchev–Trinajstić information content (AvgIpc) is 2.32. The number of aromatic hydroxyl groups is 2. The standard InChI is InChI=1S/C11H10N2O4/c1-13-6-4-2-3-5(10(12)16)7(6)8(14)9(15)11(13)17/h2-4,14-15H,1H3,(H2,12,16). The molecule has 0 aliphatic carbocycles. The van der Waals surface area contributed by atoms with Crippen LogP contribution in [0.1, 0.15) is 10.4 Å². The molecule has 0 radical (unpaired) electrons. The van der Waals surface area contributed by atoms with Gasteiger partial charge in [-0.2, -0.15) is 0 Å². The summed E-state index contributed by atoms with van der Waals surface area (Å²) < 4.78 is 1.14. The summed E-state index contributed by atoms with van der Waals surface area (Å²) in [6, 6.07) is 4.50. The van der Waals surface area contributed by atoms with E-state index in [2.05, 4.69) is 0 Å². The lowest BCUT2D eigenvalue weighted by molar-refractivity contribution is 0.100. The van der Waals surface area contributed by atoms with Crippen LogP contribution >= 0.6 is 0 Å². The van der Waals surface area contributed by atoms with Gasteiger partial charge in [0.25, 0.3) is 5.56 Å². The number of amides is 1. The summed E-state index contributed by atoms with van der Waals surface area (Å²) in [6.07, 6.45) is 0. The number of hydrogen-bond acceptors (Lipinski definition) is 4. The number of hydrogen-bond donors (Lipinski definition) is 3. The number of rotatable bonds is 1. The van der Waals surface area contributed by atoms with Crippen LogP contribution in [0.25, 0.3) is 10.9 Å². The van der Waals surface area contributed by atoms with Gasteiger partial charge in [0.1, 0.15) is 0 Å². The second-order valence-corrected chi connectivity index (χ2v) is 3.63. The lowest BCUT2D eigenvalue weighted by atomic mass is 10.1. The number of nitrogens with zero attached hydrogens (tertiary/aromatic N) is 1. The zero-order valence-electron chi connectivity index (χ0n) is 8.97. The molecule has 1 aromatic heterocycles. The van der Waals surface area contributed by atoms with Gasteiger partial charge in [-0.3, -0.25) is 9.59 Å². The molecule has 17 heavy (non-hydrogen) atoms. The smallest absolute Gasteiger partial charge is 0.296 e. The topological polar surface area (TPSA) is 106 Å². The summed E-state index contributed by atoms with van der Waals surface area (Å²) in [5.41, 5.74) is 4.80. The molecule has 1 heterocycles. The molecule has 6 heteroatoms. The highest BCUT2D eigenvalue weighted by molar-refractivity contribution is 6.08. The van der Waals surface area contributed by atoms with Gasteiger partial charge >= 0.3 is 0 Å². The molecule has 0 unspecified atom stereocenters. The Morgan fingerprint density at radius 1 is 1.29 bits per heavy atom. The fourth-order valence-electron chi connectivity index (χ4n) is 1.76. The lowest BCUT2D eigenvalue weighted by Crippen LogP contribution is -2.18. The molecule has 0 fully saturated rings. The number of fused-ring (bicyclic) bond motifs is 1.